The lowest BCUT2D eigenvalue weighted by Gasteiger charge is -2.13. The summed E-state index contributed by atoms with van der Waals surface area (Å²) in [4.78, 5) is 0. The summed E-state index contributed by atoms with van der Waals surface area (Å²) < 4.78 is 24.9. The van der Waals surface area contributed by atoms with E-state index in [1.54, 1.807) is 25.3 Å². The van der Waals surface area contributed by atoms with E-state index in [1.807, 2.05) is 18.2 Å². The summed E-state index contributed by atoms with van der Waals surface area (Å²) in [5.74, 6) is 1.12. The average molecular weight is 289 g/mol. The van der Waals surface area contributed by atoms with Gasteiger partial charge in [0, 0.05) is 18.2 Å². The zero-order chi connectivity index (χ0) is 15.1. The highest BCUT2D eigenvalue weighted by atomic mass is 19.1. The van der Waals surface area contributed by atoms with Gasteiger partial charge in [-0.25, -0.2) is 4.39 Å². The Bertz CT molecular complexity index is 587. The van der Waals surface area contributed by atoms with Crippen molar-refractivity contribution >= 4 is 0 Å². The number of methoxy groups -OCH3 is 1. The minimum atomic E-state index is -0.367. The molecule has 0 saturated carbocycles. The van der Waals surface area contributed by atoms with Crippen molar-refractivity contribution in [2.75, 3.05) is 13.7 Å². The van der Waals surface area contributed by atoms with E-state index in [9.17, 15) is 4.39 Å². The van der Waals surface area contributed by atoms with Crippen molar-refractivity contribution in [3.05, 3.63) is 53.8 Å². The van der Waals surface area contributed by atoms with Crippen molar-refractivity contribution in [3.8, 4) is 17.2 Å². The first-order chi connectivity index (χ1) is 10.2. The molecule has 0 aromatic heterocycles. The Morgan fingerprint density at radius 3 is 2.62 bits per heavy atom. The molecule has 0 aliphatic heterocycles. The van der Waals surface area contributed by atoms with Crippen molar-refractivity contribution in [2.24, 2.45) is 0 Å². The highest BCUT2D eigenvalue weighted by Gasteiger charge is 2.11. The third-order valence-electron chi connectivity index (χ3n) is 3.05. The number of nitrogens with one attached hydrogen (secondary N) is 1. The molecule has 0 heterocycles. The molecule has 0 unspecified atom stereocenters. The van der Waals surface area contributed by atoms with Crippen molar-refractivity contribution in [1.82, 2.24) is 5.32 Å². The van der Waals surface area contributed by atoms with Crippen LogP contribution >= 0.6 is 0 Å². The number of para-hydroxylation sites is 1. The van der Waals surface area contributed by atoms with Gasteiger partial charge in [-0.1, -0.05) is 25.1 Å². The largest absolute Gasteiger partial charge is 0.497 e. The van der Waals surface area contributed by atoms with Gasteiger partial charge < -0.3 is 14.8 Å². The molecule has 2 aromatic rings. The lowest BCUT2D eigenvalue weighted by molar-refractivity contribution is 0.403. The summed E-state index contributed by atoms with van der Waals surface area (Å²) in [6.45, 7) is 3.55. The van der Waals surface area contributed by atoms with Crippen molar-refractivity contribution in [2.45, 2.75) is 19.9 Å². The van der Waals surface area contributed by atoms with Crippen LogP contribution in [-0.2, 0) is 6.54 Å². The fraction of sp³-hybridized carbons (Fsp3) is 0.294. The van der Waals surface area contributed by atoms with E-state index < -0.39 is 0 Å². The van der Waals surface area contributed by atoms with Gasteiger partial charge in [-0.15, -0.1) is 0 Å². The van der Waals surface area contributed by atoms with Gasteiger partial charge in [-0.3, -0.25) is 0 Å². The summed E-state index contributed by atoms with van der Waals surface area (Å²) in [6.07, 6.45) is 1.03. The molecule has 0 saturated heterocycles. The summed E-state index contributed by atoms with van der Waals surface area (Å²) in [5.41, 5.74) is 0.797. The monoisotopic (exact) mass is 289 g/mol. The van der Waals surface area contributed by atoms with Crippen LogP contribution in [0.2, 0.25) is 0 Å². The van der Waals surface area contributed by atoms with Crippen LogP contribution in [0, 0.1) is 5.82 Å². The Morgan fingerprint density at radius 1 is 1.10 bits per heavy atom. The molecule has 3 nitrogen and oxygen atoms in total. The first-order valence-corrected chi connectivity index (χ1v) is 7.04. The highest BCUT2D eigenvalue weighted by Crippen LogP contribution is 2.30. The Hall–Kier alpha value is -2.07. The van der Waals surface area contributed by atoms with E-state index in [1.165, 1.54) is 6.07 Å². The molecule has 0 bridgehead atoms. The predicted octanol–water partition coefficient (Wildman–Crippen LogP) is 4.13. The van der Waals surface area contributed by atoms with Crippen LogP contribution < -0.4 is 14.8 Å². The van der Waals surface area contributed by atoms with Crippen molar-refractivity contribution in [1.29, 1.82) is 0 Å². The quantitative estimate of drug-likeness (QED) is 0.778. The van der Waals surface area contributed by atoms with E-state index in [0.717, 1.165) is 18.5 Å². The van der Waals surface area contributed by atoms with E-state index in [-0.39, 0.29) is 11.6 Å². The molecule has 0 amide bonds. The number of ether oxygens (including phenoxy) is 2. The fourth-order valence-electron chi connectivity index (χ4n) is 1.99. The average Bonchev–Trinajstić information content (AvgIpc) is 2.51. The Morgan fingerprint density at radius 2 is 1.86 bits per heavy atom. The molecule has 4 heteroatoms. The Balaban J connectivity index is 2.21. The maximum absolute atomic E-state index is 14.0. The number of halogens is 1. The second-order valence-corrected chi connectivity index (χ2v) is 4.69. The van der Waals surface area contributed by atoms with Crippen LogP contribution in [0.4, 0.5) is 4.39 Å². The van der Waals surface area contributed by atoms with Gasteiger partial charge in [0.05, 0.1) is 7.11 Å². The van der Waals surface area contributed by atoms with Gasteiger partial charge in [-0.05, 0) is 31.2 Å². The normalized spacial score (nSPS) is 10.4. The molecule has 0 radical (unpaired) electrons. The smallest absolute Gasteiger partial charge is 0.167 e. The van der Waals surface area contributed by atoms with Crippen LogP contribution in [0.3, 0.4) is 0 Å². The minimum Gasteiger partial charge on any atom is -0.497 e. The molecule has 2 rings (SSSR count). The first-order valence-electron chi connectivity index (χ1n) is 7.04. The molecule has 112 valence electrons. The standard InChI is InChI=1S/C17H20FNO2/c1-3-10-19-12-13-6-4-9-16(18)17(13)21-15-8-5-7-14(11-15)20-2/h4-9,11,19H,3,10,12H2,1-2H3. The number of hydrogen-bond acceptors (Lipinski definition) is 3. The molecule has 21 heavy (non-hydrogen) atoms. The molecule has 0 atom stereocenters. The third-order valence-corrected chi connectivity index (χ3v) is 3.05. The summed E-state index contributed by atoms with van der Waals surface area (Å²) >= 11 is 0. The van der Waals surface area contributed by atoms with E-state index in [4.69, 9.17) is 9.47 Å². The molecule has 0 aliphatic carbocycles. The maximum Gasteiger partial charge on any atom is 0.167 e. The number of benzene rings is 2. The van der Waals surface area contributed by atoms with Gasteiger partial charge in [0.15, 0.2) is 11.6 Å². The zero-order valence-electron chi connectivity index (χ0n) is 12.4. The molecule has 0 fully saturated rings. The van der Waals surface area contributed by atoms with E-state index in [0.29, 0.717) is 18.0 Å². The van der Waals surface area contributed by atoms with Crippen LogP contribution in [0.5, 0.6) is 17.2 Å². The number of hydrogen-bond donors (Lipinski definition) is 1. The third kappa shape index (κ3) is 4.20. The minimum absolute atomic E-state index is 0.259. The van der Waals surface area contributed by atoms with Crippen molar-refractivity contribution < 1.29 is 13.9 Å². The van der Waals surface area contributed by atoms with E-state index >= 15 is 0 Å². The maximum atomic E-state index is 14.0. The summed E-state index contributed by atoms with van der Waals surface area (Å²) in [6, 6.07) is 12.1. The lowest BCUT2D eigenvalue weighted by atomic mass is 10.2. The number of rotatable bonds is 7. The van der Waals surface area contributed by atoms with Crippen molar-refractivity contribution in [3.63, 3.8) is 0 Å². The molecular formula is C17H20FNO2. The molecule has 1 N–H and O–H groups in total. The summed E-state index contributed by atoms with van der Waals surface area (Å²) in [5, 5.41) is 3.26. The van der Waals surface area contributed by atoms with E-state index in [2.05, 4.69) is 12.2 Å². The second-order valence-electron chi connectivity index (χ2n) is 4.69. The fourth-order valence-corrected chi connectivity index (χ4v) is 1.99. The van der Waals surface area contributed by atoms with Gasteiger partial charge in [0.2, 0.25) is 0 Å². The highest BCUT2D eigenvalue weighted by molar-refractivity contribution is 5.41. The van der Waals surface area contributed by atoms with Gasteiger partial charge >= 0.3 is 0 Å². The lowest BCUT2D eigenvalue weighted by Crippen LogP contribution is -2.14. The van der Waals surface area contributed by atoms with Crippen LogP contribution in [-0.4, -0.2) is 13.7 Å². The molecule has 0 aliphatic rings. The molecular weight excluding hydrogens is 269 g/mol. The van der Waals surface area contributed by atoms with Crippen LogP contribution in [0.25, 0.3) is 0 Å². The Kier molecular flexibility index (Phi) is 5.58. The second kappa shape index (κ2) is 7.64. The summed E-state index contributed by atoms with van der Waals surface area (Å²) in [7, 11) is 1.59. The van der Waals surface area contributed by atoms with Crippen LogP contribution in [0.15, 0.2) is 42.5 Å². The zero-order valence-corrected chi connectivity index (χ0v) is 12.4. The first kappa shape index (κ1) is 15.3. The van der Waals surface area contributed by atoms with Gasteiger partial charge in [0.1, 0.15) is 11.5 Å². The topological polar surface area (TPSA) is 30.5 Å². The van der Waals surface area contributed by atoms with Gasteiger partial charge in [-0.2, -0.15) is 0 Å². The predicted molar refractivity (Wildman–Crippen MR) is 81.5 cm³/mol. The molecule has 0 spiro atoms. The van der Waals surface area contributed by atoms with Gasteiger partial charge in [0.25, 0.3) is 0 Å². The molecule has 2 aromatic carbocycles. The van der Waals surface area contributed by atoms with Crippen LogP contribution in [0.1, 0.15) is 18.9 Å². The Labute approximate surface area is 124 Å². The SMILES string of the molecule is CCCNCc1cccc(F)c1Oc1cccc(OC)c1.